The molecule has 0 amide bonds. The van der Waals surface area contributed by atoms with Crippen LogP contribution in [0.5, 0.6) is 5.75 Å². The normalized spacial score (nSPS) is 10.5. The Bertz CT molecular complexity index is 923. The Morgan fingerprint density at radius 1 is 1.08 bits per heavy atom. The predicted molar refractivity (Wildman–Crippen MR) is 100 cm³/mol. The second-order valence-corrected chi connectivity index (χ2v) is 6.09. The van der Waals surface area contributed by atoms with Gasteiger partial charge in [0.15, 0.2) is 0 Å². The molecule has 128 valence electrons. The van der Waals surface area contributed by atoms with E-state index < -0.39 is 5.56 Å². The summed E-state index contributed by atoms with van der Waals surface area (Å²) in [6, 6.07) is 15.0. The molecule has 0 radical (unpaired) electrons. The van der Waals surface area contributed by atoms with E-state index in [4.69, 9.17) is 27.9 Å². The van der Waals surface area contributed by atoms with E-state index in [1.165, 1.54) is 7.11 Å². The zero-order chi connectivity index (χ0) is 17.8. The van der Waals surface area contributed by atoms with Gasteiger partial charge in [-0.25, -0.2) is 0 Å². The molecule has 0 saturated carbocycles. The molecule has 7 heteroatoms. The number of hydrogen-bond acceptors (Lipinski definition) is 4. The largest absolute Gasteiger partial charge is 0.490 e. The maximum atomic E-state index is 12.1. The van der Waals surface area contributed by atoms with Crippen molar-refractivity contribution in [1.29, 1.82) is 0 Å². The van der Waals surface area contributed by atoms with Crippen LogP contribution in [-0.2, 0) is 6.54 Å². The van der Waals surface area contributed by atoms with Crippen molar-refractivity contribution in [3.63, 3.8) is 0 Å². The molecule has 0 bridgehead atoms. The summed E-state index contributed by atoms with van der Waals surface area (Å²) in [5.41, 5.74) is 1.06. The molecule has 1 heterocycles. The maximum absolute atomic E-state index is 12.1. The van der Waals surface area contributed by atoms with E-state index in [9.17, 15) is 4.79 Å². The van der Waals surface area contributed by atoms with Gasteiger partial charge in [-0.2, -0.15) is 4.98 Å². The number of benzene rings is 2. The molecule has 0 atom stereocenters. The zero-order valence-electron chi connectivity index (χ0n) is 13.4. The minimum absolute atomic E-state index is 0.159. The quantitative estimate of drug-likeness (QED) is 0.719. The molecule has 0 fully saturated rings. The van der Waals surface area contributed by atoms with Gasteiger partial charge in [0, 0.05) is 0 Å². The Balaban J connectivity index is 2.05. The van der Waals surface area contributed by atoms with Gasteiger partial charge in [-0.3, -0.25) is 4.79 Å². The molecule has 1 aromatic heterocycles. The lowest BCUT2D eigenvalue weighted by molar-refractivity contribution is 0.402. The SMILES string of the molecule is COc1cn(Cc2ccccc2)c(Nc2c(Cl)cccc2Cl)nc1=O. The Kier molecular flexibility index (Phi) is 5.26. The molecular formula is C18H15Cl2N3O2. The monoisotopic (exact) mass is 375 g/mol. The van der Waals surface area contributed by atoms with Crippen molar-refractivity contribution < 1.29 is 4.74 Å². The minimum Gasteiger partial charge on any atom is -0.490 e. The van der Waals surface area contributed by atoms with E-state index >= 15 is 0 Å². The van der Waals surface area contributed by atoms with Crippen LogP contribution < -0.4 is 15.6 Å². The third-order valence-electron chi connectivity index (χ3n) is 3.58. The van der Waals surface area contributed by atoms with Gasteiger partial charge in [-0.1, -0.05) is 59.6 Å². The topological polar surface area (TPSA) is 56.1 Å². The summed E-state index contributed by atoms with van der Waals surface area (Å²) in [5, 5.41) is 3.92. The van der Waals surface area contributed by atoms with Gasteiger partial charge in [0.05, 0.1) is 35.6 Å². The molecular weight excluding hydrogens is 361 g/mol. The molecule has 2 aromatic carbocycles. The molecule has 3 aromatic rings. The third-order valence-corrected chi connectivity index (χ3v) is 4.21. The summed E-state index contributed by atoms with van der Waals surface area (Å²) in [6.07, 6.45) is 1.61. The van der Waals surface area contributed by atoms with Crippen LogP contribution >= 0.6 is 23.2 Å². The summed E-state index contributed by atoms with van der Waals surface area (Å²) in [6.45, 7) is 0.495. The molecule has 1 N–H and O–H groups in total. The van der Waals surface area contributed by atoms with Crippen LogP contribution in [-0.4, -0.2) is 16.7 Å². The average molecular weight is 376 g/mol. The summed E-state index contributed by atoms with van der Waals surface area (Å²) < 4.78 is 6.87. The number of nitrogens with zero attached hydrogens (tertiary/aromatic N) is 2. The highest BCUT2D eigenvalue weighted by molar-refractivity contribution is 6.39. The fourth-order valence-electron chi connectivity index (χ4n) is 2.34. The molecule has 0 spiro atoms. The van der Waals surface area contributed by atoms with Crippen LogP contribution in [0.3, 0.4) is 0 Å². The van der Waals surface area contributed by atoms with Crippen LogP contribution in [0, 0.1) is 0 Å². The first-order chi connectivity index (χ1) is 12.1. The van der Waals surface area contributed by atoms with E-state index in [0.717, 1.165) is 5.56 Å². The molecule has 3 rings (SSSR count). The lowest BCUT2D eigenvalue weighted by Crippen LogP contribution is -2.18. The Hall–Kier alpha value is -2.50. The van der Waals surface area contributed by atoms with Gasteiger partial charge in [-0.05, 0) is 17.7 Å². The molecule has 0 unspecified atom stereocenters. The summed E-state index contributed by atoms with van der Waals surface area (Å²) in [5.74, 6) is 0.483. The van der Waals surface area contributed by atoms with Gasteiger partial charge in [0.25, 0.3) is 0 Å². The van der Waals surface area contributed by atoms with E-state index in [1.807, 2.05) is 30.3 Å². The number of methoxy groups -OCH3 is 1. The van der Waals surface area contributed by atoms with E-state index in [1.54, 1.807) is 29.0 Å². The molecule has 5 nitrogen and oxygen atoms in total. The van der Waals surface area contributed by atoms with Gasteiger partial charge in [-0.15, -0.1) is 0 Å². The lowest BCUT2D eigenvalue weighted by atomic mass is 10.2. The molecule has 0 saturated heterocycles. The Morgan fingerprint density at radius 2 is 1.76 bits per heavy atom. The second kappa shape index (κ2) is 7.59. The van der Waals surface area contributed by atoms with Crippen LogP contribution in [0.4, 0.5) is 11.6 Å². The summed E-state index contributed by atoms with van der Waals surface area (Å²) >= 11 is 12.4. The van der Waals surface area contributed by atoms with Crippen molar-refractivity contribution in [3.05, 3.63) is 80.7 Å². The van der Waals surface area contributed by atoms with E-state index in [2.05, 4.69) is 10.3 Å². The molecule has 25 heavy (non-hydrogen) atoms. The first-order valence-corrected chi connectivity index (χ1v) is 8.24. The maximum Gasteiger partial charge on any atom is 0.316 e. The van der Waals surface area contributed by atoms with Crippen molar-refractivity contribution in [3.8, 4) is 5.75 Å². The molecule has 0 aliphatic carbocycles. The van der Waals surface area contributed by atoms with Gasteiger partial charge in [0.2, 0.25) is 11.7 Å². The zero-order valence-corrected chi connectivity index (χ0v) is 14.9. The van der Waals surface area contributed by atoms with E-state index in [0.29, 0.717) is 28.2 Å². The predicted octanol–water partition coefficient (Wildman–Crippen LogP) is 4.35. The minimum atomic E-state index is -0.475. The first kappa shape index (κ1) is 17.3. The Morgan fingerprint density at radius 3 is 2.40 bits per heavy atom. The third kappa shape index (κ3) is 3.95. The highest BCUT2D eigenvalue weighted by Gasteiger charge is 2.13. The number of hydrogen-bond donors (Lipinski definition) is 1. The van der Waals surface area contributed by atoms with Gasteiger partial charge < -0.3 is 14.6 Å². The number of aromatic nitrogens is 2. The summed E-state index contributed by atoms with van der Waals surface area (Å²) in [4.78, 5) is 16.2. The van der Waals surface area contributed by atoms with Crippen LogP contribution in [0.25, 0.3) is 0 Å². The van der Waals surface area contributed by atoms with Gasteiger partial charge >= 0.3 is 5.56 Å². The van der Waals surface area contributed by atoms with Crippen LogP contribution in [0.1, 0.15) is 5.56 Å². The number of rotatable bonds is 5. The van der Waals surface area contributed by atoms with Crippen LogP contribution in [0.2, 0.25) is 10.0 Å². The number of halogens is 2. The Labute approximate surface area is 154 Å². The van der Waals surface area contributed by atoms with Crippen molar-refractivity contribution in [1.82, 2.24) is 9.55 Å². The average Bonchev–Trinajstić information content (AvgIpc) is 2.61. The lowest BCUT2D eigenvalue weighted by Gasteiger charge is -2.16. The smallest absolute Gasteiger partial charge is 0.316 e. The van der Waals surface area contributed by atoms with Crippen molar-refractivity contribution >= 4 is 34.8 Å². The highest BCUT2D eigenvalue weighted by atomic mass is 35.5. The number of nitrogens with one attached hydrogen (secondary N) is 1. The number of ether oxygens (including phenoxy) is 1. The fourth-order valence-corrected chi connectivity index (χ4v) is 2.83. The van der Waals surface area contributed by atoms with Crippen molar-refractivity contribution in [2.45, 2.75) is 6.54 Å². The standard InChI is InChI=1S/C18H15Cl2N3O2/c1-25-15-11-23(10-12-6-3-2-4-7-12)18(22-17(15)24)21-16-13(19)8-5-9-14(16)20/h2-9,11H,10H2,1H3,(H,21,22,24). The number of anilines is 2. The van der Waals surface area contributed by atoms with Crippen LogP contribution in [0.15, 0.2) is 59.5 Å². The van der Waals surface area contributed by atoms with Gasteiger partial charge in [0.1, 0.15) is 0 Å². The van der Waals surface area contributed by atoms with E-state index in [-0.39, 0.29) is 5.75 Å². The first-order valence-electron chi connectivity index (χ1n) is 7.49. The fraction of sp³-hybridized carbons (Fsp3) is 0.111. The molecule has 0 aliphatic heterocycles. The summed E-state index contributed by atoms with van der Waals surface area (Å²) in [7, 11) is 1.43. The molecule has 0 aliphatic rings. The number of para-hydroxylation sites is 1. The van der Waals surface area contributed by atoms with Crippen molar-refractivity contribution in [2.75, 3.05) is 12.4 Å². The highest BCUT2D eigenvalue weighted by Crippen LogP contribution is 2.32. The van der Waals surface area contributed by atoms with Crippen molar-refractivity contribution in [2.24, 2.45) is 0 Å². The second-order valence-electron chi connectivity index (χ2n) is 5.27.